The van der Waals surface area contributed by atoms with E-state index in [4.69, 9.17) is 21.4 Å². The molecule has 0 atom stereocenters. The quantitative estimate of drug-likeness (QED) is 0.620. The maximum Gasteiger partial charge on any atom is 0.337 e. The molecule has 0 aliphatic carbocycles. The maximum absolute atomic E-state index is 10.7. The Hall–Kier alpha value is -1.48. The SMILES string of the molecule is C=CCCOc1ccc(C(=O)O)c(Cl)c1. The van der Waals surface area contributed by atoms with Crippen molar-refractivity contribution in [2.75, 3.05) is 6.61 Å². The molecule has 0 bridgehead atoms. The minimum Gasteiger partial charge on any atom is -0.493 e. The van der Waals surface area contributed by atoms with Gasteiger partial charge in [-0.25, -0.2) is 4.79 Å². The zero-order valence-electron chi connectivity index (χ0n) is 8.07. The molecule has 1 aromatic rings. The molecule has 0 unspecified atom stereocenters. The van der Waals surface area contributed by atoms with Crippen LogP contribution in [-0.4, -0.2) is 17.7 Å². The number of carboxylic acid groups (broad SMARTS) is 1. The average molecular weight is 227 g/mol. The van der Waals surface area contributed by atoms with Crippen LogP contribution in [0.2, 0.25) is 5.02 Å². The van der Waals surface area contributed by atoms with E-state index >= 15 is 0 Å². The van der Waals surface area contributed by atoms with Crippen molar-refractivity contribution in [2.45, 2.75) is 6.42 Å². The third-order valence-corrected chi connectivity index (χ3v) is 2.07. The van der Waals surface area contributed by atoms with Crippen molar-refractivity contribution in [3.8, 4) is 5.75 Å². The highest BCUT2D eigenvalue weighted by molar-refractivity contribution is 6.33. The van der Waals surface area contributed by atoms with E-state index in [0.717, 1.165) is 6.42 Å². The summed E-state index contributed by atoms with van der Waals surface area (Å²) in [7, 11) is 0. The first-order valence-corrected chi connectivity index (χ1v) is 4.79. The Labute approximate surface area is 92.9 Å². The first-order chi connectivity index (χ1) is 7.15. The second-order valence-electron chi connectivity index (χ2n) is 2.87. The van der Waals surface area contributed by atoms with E-state index in [1.165, 1.54) is 12.1 Å². The van der Waals surface area contributed by atoms with Crippen LogP contribution >= 0.6 is 11.6 Å². The van der Waals surface area contributed by atoms with Gasteiger partial charge in [-0.15, -0.1) is 6.58 Å². The molecule has 0 aliphatic heterocycles. The molecular weight excluding hydrogens is 216 g/mol. The smallest absolute Gasteiger partial charge is 0.337 e. The molecule has 0 radical (unpaired) electrons. The van der Waals surface area contributed by atoms with Gasteiger partial charge in [0.2, 0.25) is 0 Å². The Morgan fingerprint density at radius 3 is 2.87 bits per heavy atom. The standard InChI is InChI=1S/C11H11ClO3/c1-2-3-6-15-8-4-5-9(11(13)14)10(12)7-8/h2,4-5,7H,1,3,6H2,(H,13,14). The van der Waals surface area contributed by atoms with Crippen molar-refractivity contribution in [2.24, 2.45) is 0 Å². The Balaban J connectivity index is 2.73. The molecule has 3 nitrogen and oxygen atoms in total. The van der Waals surface area contributed by atoms with E-state index < -0.39 is 5.97 Å². The lowest BCUT2D eigenvalue weighted by molar-refractivity contribution is 0.0697. The summed E-state index contributed by atoms with van der Waals surface area (Å²) in [6.07, 6.45) is 2.48. The van der Waals surface area contributed by atoms with Crippen LogP contribution in [0.25, 0.3) is 0 Å². The van der Waals surface area contributed by atoms with Gasteiger partial charge in [0.25, 0.3) is 0 Å². The molecule has 15 heavy (non-hydrogen) atoms. The van der Waals surface area contributed by atoms with Crippen LogP contribution in [0.4, 0.5) is 0 Å². The number of carbonyl (C=O) groups is 1. The number of halogens is 1. The van der Waals surface area contributed by atoms with Crippen molar-refractivity contribution < 1.29 is 14.6 Å². The number of rotatable bonds is 5. The maximum atomic E-state index is 10.7. The lowest BCUT2D eigenvalue weighted by Crippen LogP contribution is -1.99. The molecule has 1 N–H and O–H groups in total. The van der Waals surface area contributed by atoms with Crippen molar-refractivity contribution in [1.29, 1.82) is 0 Å². The van der Waals surface area contributed by atoms with Crippen LogP contribution in [0.3, 0.4) is 0 Å². The normalized spacial score (nSPS) is 9.67. The summed E-state index contributed by atoms with van der Waals surface area (Å²) in [6.45, 7) is 4.07. The zero-order chi connectivity index (χ0) is 11.3. The molecule has 1 aromatic carbocycles. The van der Waals surface area contributed by atoms with Gasteiger partial charge < -0.3 is 9.84 Å². The van der Waals surface area contributed by atoms with Gasteiger partial charge >= 0.3 is 5.97 Å². The first-order valence-electron chi connectivity index (χ1n) is 4.41. The monoisotopic (exact) mass is 226 g/mol. The number of benzene rings is 1. The topological polar surface area (TPSA) is 46.5 Å². The second-order valence-corrected chi connectivity index (χ2v) is 3.28. The van der Waals surface area contributed by atoms with Crippen LogP contribution in [-0.2, 0) is 0 Å². The number of hydrogen-bond acceptors (Lipinski definition) is 2. The lowest BCUT2D eigenvalue weighted by atomic mass is 10.2. The Bertz CT molecular complexity index is 374. The summed E-state index contributed by atoms with van der Waals surface area (Å²) >= 11 is 5.76. The summed E-state index contributed by atoms with van der Waals surface area (Å²) in [6, 6.07) is 4.50. The van der Waals surface area contributed by atoms with E-state index in [0.29, 0.717) is 12.4 Å². The number of carboxylic acids is 1. The summed E-state index contributed by atoms with van der Waals surface area (Å²) in [5.41, 5.74) is 0.0766. The molecule has 0 fully saturated rings. The first kappa shape index (κ1) is 11.6. The largest absolute Gasteiger partial charge is 0.493 e. The van der Waals surface area contributed by atoms with Crippen LogP contribution in [0.5, 0.6) is 5.75 Å². The van der Waals surface area contributed by atoms with Crippen LogP contribution in [0.15, 0.2) is 30.9 Å². The van der Waals surface area contributed by atoms with Gasteiger partial charge in [0.1, 0.15) is 5.75 Å². The fourth-order valence-electron chi connectivity index (χ4n) is 1.02. The molecule has 0 saturated heterocycles. The summed E-state index contributed by atoms with van der Waals surface area (Å²) in [4.78, 5) is 10.7. The molecule has 0 saturated carbocycles. The summed E-state index contributed by atoms with van der Waals surface area (Å²) in [5.74, 6) is -0.482. The van der Waals surface area contributed by atoms with Crippen molar-refractivity contribution in [1.82, 2.24) is 0 Å². The Kier molecular flexibility index (Phi) is 4.18. The minimum atomic E-state index is -1.04. The molecule has 0 aliphatic rings. The van der Waals surface area contributed by atoms with E-state index in [2.05, 4.69) is 6.58 Å². The molecule has 1 rings (SSSR count). The highest BCUT2D eigenvalue weighted by Crippen LogP contribution is 2.22. The molecule has 80 valence electrons. The molecule has 0 heterocycles. The van der Waals surface area contributed by atoms with Crippen LogP contribution in [0, 0.1) is 0 Å². The van der Waals surface area contributed by atoms with Gasteiger partial charge in [0, 0.05) is 0 Å². The van der Waals surface area contributed by atoms with Gasteiger partial charge in [-0.1, -0.05) is 17.7 Å². The summed E-state index contributed by atoms with van der Waals surface area (Å²) < 4.78 is 5.31. The molecule has 0 aromatic heterocycles. The third-order valence-electron chi connectivity index (χ3n) is 1.76. The highest BCUT2D eigenvalue weighted by atomic mass is 35.5. The number of ether oxygens (including phenoxy) is 1. The molecule has 0 spiro atoms. The number of aromatic carboxylic acids is 1. The van der Waals surface area contributed by atoms with Crippen LogP contribution < -0.4 is 4.74 Å². The fourth-order valence-corrected chi connectivity index (χ4v) is 1.27. The van der Waals surface area contributed by atoms with Crippen molar-refractivity contribution in [3.63, 3.8) is 0 Å². The zero-order valence-corrected chi connectivity index (χ0v) is 8.83. The van der Waals surface area contributed by atoms with E-state index in [1.54, 1.807) is 12.1 Å². The predicted octanol–water partition coefficient (Wildman–Crippen LogP) is 2.99. The Morgan fingerprint density at radius 2 is 2.33 bits per heavy atom. The molecular formula is C11H11ClO3. The van der Waals surface area contributed by atoms with Crippen molar-refractivity contribution in [3.05, 3.63) is 41.4 Å². The Morgan fingerprint density at radius 1 is 1.60 bits per heavy atom. The van der Waals surface area contributed by atoms with Gasteiger partial charge in [-0.2, -0.15) is 0 Å². The predicted molar refractivity (Wildman–Crippen MR) is 58.7 cm³/mol. The third kappa shape index (κ3) is 3.29. The highest BCUT2D eigenvalue weighted by Gasteiger charge is 2.08. The molecule has 4 heteroatoms. The van der Waals surface area contributed by atoms with Crippen molar-refractivity contribution >= 4 is 17.6 Å². The average Bonchev–Trinajstić information content (AvgIpc) is 2.17. The number of hydrogen-bond donors (Lipinski definition) is 1. The van der Waals surface area contributed by atoms with Gasteiger partial charge in [0.15, 0.2) is 0 Å². The van der Waals surface area contributed by atoms with Gasteiger partial charge in [-0.05, 0) is 24.6 Å². The van der Waals surface area contributed by atoms with Crippen LogP contribution in [0.1, 0.15) is 16.8 Å². The van der Waals surface area contributed by atoms with E-state index in [-0.39, 0.29) is 10.6 Å². The second kappa shape index (κ2) is 5.41. The summed E-state index contributed by atoms with van der Waals surface area (Å²) in [5, 5.41) is 8.91. The fraction of sp³-hybridized carbons (Fsp3) is 0.182. The van der Waals surface area contributed by atoms with E-state index in [1.807, 2.05) is 0 Å². The minimum absolute atomic E-state index is 0.0766. The molecule has 0 amide bonds. The lowest BCUT2D eigenvalue weighted by Gasteiger charge is -2.05. The van der Waals surface area contributed by atoms with Gasteiger partial charge in [-0.3, -0.25) is 0 Å². The van der Waals surface area contributed by atoms with E-state index in [9.17, 15) is 4.79 Å². The van der Waals surface area contributed by atoms with Gasteiger partial charge in [0.05, 0.1) is 17.2 Å².